The Kier molecular flexibility index (Phi) is 5.41. The topological polar surface area (TPSA) is 101 Å². The van der Waals surface area contributed by atoms with Crippen LogP contribution in [0.1, 0.15) is 12.0 Å². The van der Waals surface area contributed by atoms with Gasteiger partial charge in [0.2, 0.25) is 5.82 Å². The van der Waals surface area contributed by atoms with Gasteiger partial charge in [-0.2, -0.15) is 5.26 Å². The van der Waals surface area contributed by atoms with Crippen molar-refractivity contribution in [2.75, 3.05) is 18.5 Å². The highest BCUT2D eigenvalue weighted by molar-refractivity contribution is 5.63. The van der Waals surface area contributed by atoms with Gasteiger partial charge in [-0.1, -0.05) is 12.1 Å². The molecule has 0 bridgehead atoms. The van der Waals surface area contributed by atoms with Crippen LogP contribution < -0.4 is 10.1 Å². The summed E-state index contributed by atoms with van der Waals surface area (Å²) < 4.78 is 18.6. The molecule has 0 aliphatic rings. The van der Waals surface area contributed by atoms with Gasteiger partial charge in [-0.3, -0.25) is 10.1 Å². The van der Waals surface area contributed by atoms with E-state index in [2.05, 4.69) is 10.3 Å². The fourth-order valence-electron chi connectivity index (χ4n) is 1.88. The van der Waals surface area contributed by atoms with Crippen LogP contribution in [-0.4, -0.2) is 23.1 Å². The first-order chi connectivity index (χ1) is 11.1. The number of nitrogens with zero attached hydrogens (tertiary/aromatic N) is 3. The molecule has 2 aromatic rings. The normalized spacial score (nSPS) is 9.91. The fraction of sp³-hybridized carbons (Fsp3) is 0.200. The Hall–Kier alpha value is -3.21. The molecule has 0 saturated carbocycles. The summed E-state index contributed by atoms with van der Waals surface area (Å²) in [7, 11) is 0. The molecule has 0 aliphatic heterocycles. The molecule has 7 nitrogen and oxygen atoms in total. The zero-order valence-electron chi connectivity index (χ0n) is 12.0. The lowest BCUT2D eigenvalue weighted by Gasteiger charge is -2.08. The molecule has 0 fully saturated rings. The van der Waals surface area contributed by atoms with Crippen molar-refractivity contribution < 1.29 is 14.1 Å². The first kappa shape index (κ1) is 16.2. The molecule has 0 unspecified atom stereocenters. The largest absolute Gasteiger partial charge is 0.490 e. The van der Waals surface area contributed by atoms with Gasteiger partial charge in [0, 0.05) is 12.7 Å². The lowest BCUT2D eigenvalue weighted by molar-refractivity contribution is -0.384. The van der Waals surface area contributed by atoms with Gasteiger partial charge in [-0.15, -0.1) is 0 Å². The number of hydrogen-bond donors (Lipinski definition) is 1. The van der Waals surface area contributed by atoms with Crippen LogP contribution in [-0.2, 0) is 0 Å². The number of nitro groups is 1. The molecule has 1 aromatic heterocycles. The Morgan fingerprint density at radius 2 is 2.17 bits per heavy atom. The van der Waals surface area contributed by atoms with Crippen molar-refractivity contribution in [1.82, 2.24) is 4.98 Å². The number of nitriles is 1. The summed E-state index contributed by atoms with van der Waals surface area (Å²) >= 11 is 0. The van der Waals surface area contributed by atoms with E-state index in [4.69, 9.17) is 10.00 Å². The average Bonchev–Trinajstić information content (AvgIpc) is 2.55. The molecule has 8 heteroatoms. The van der Waals surface area contributed by atoms with Crippen molar-refractivity contribution in [3.63, 3.8) is 0 Å². The van der Waals surface area contributed by atoms with E-state index in [0.717, 1.165) is 0 Å². The molecule has 1 heterocycles. The fourth-order valence-corrected chi connectivity index (χ4v) is 1.88. The average molecular weight is 316 g/mol. The number of aromatic nitrogens is 1. The minimum absolute atomic E-state index is 0.0277. The maximum absolute atomic E-state index is 13.3. The third kappa shape index (κ3) is 4.14. The van der Waals surface area contributed by atoms with Gasteiger partial charge in [0.05, 0.1) is 11.5 Å². The molecule has 2 rings (SSSR count). The molecular formula is C15H13FN4O3. The lowest BCUT2D eigenvalue weighted by atomic mass is 10.2. The first-order valence-corrected chi connectivity index (χ1v) is 6.78. The summed E-state index contributed by atoms with van der Waals surface area (Å²) in [5.41, 5.74) is -0.417. The lowest BCUT2D eigenvalue weighted by Crippen LogP contribution is -2.10. The molecule has 0 spiro atoms. The van der Waals surface area contributed by atoms with Gasteiger partial charge in [0.15, 0.2) is 11.6 Å². The summed E-state index contributed by atoms with van der Waals surface area (Å²) in [6, 6.07) is 9.09. The van der Waals surface area contributed by atoms with Gasteiger partial charge < -0.3 is 10.1 Å². The third-order valence-electron chi connectivity index (χ3n) is 2.94. The number of halogens is 1. The quantitative estimate of drug-likeness (QED) is 0.479. The summed E-state index contributed by atoms with van der Waals surface area (Å²) in [6.45, 7) is 0.566. The Balaban J connectivity index is 1.89. The van der Waals surface area contributed by atoms with Crippen LogP contribution in [0.2, 0.25) is 0 Å². The first-order valence-electron chi connectivity index (χ1n) is 6.78. The van der Waals surface area contributed by atoms with E-state index < -0.39 is 10.7 Å². The molecular weight excluding hydrogens is 303 g/mol. The summed E-state index contributed by atoms with van der Waals surface area (Å²) in [5, 5.41) is 22.7. The second-order valence-corrected chi connectivity index (χ2v) is 4.48. The zero-order valence-corrected chi connectivity index (χ0v) is 12.0. The minimum atomic E-state index is -0.649. The van der Waals surface area contributed by atoms with E-state index >= 15 is 0 Å². The third-order valence-corrected chi connectivity index (χ3v) is 2.94. The van der Waals surface area contributed by atoms with Crippen LogP contribution in [0.5, 0.6) is 5.75 Å². The second kappa shape index (κ2) is 7.70. The SMILES string of the molecule is N#Cc1ccnc(NCCCOc2ccccc2F)c1[N+](=O)[O-]. The van der Waals surface area contributed by atoms with Crippen molar-refractivity contribution in [2.45, 2.75) is 6.42 Å². The van der Waals surface area contributed by atoms with Gasteiger partial charge in [0.1, 0.15) is 11.6 Å². The summed E-state index contributed by atoms with van der Waals surface area (Å²) in [4.78, 5) is 14.2. The monoisotopic (exact) mass is 316 g/mol. The van der Waals surface area contributed by atoms with Crippen molar-refractivity contribution in [1.29, 1.82) is 5.26 Å². The maximum Gasteiger partial charge on any atom is 0.328 e. The van der Waals surface area contributed by atoms with E-state index in [1.54, 1.807) is 18.2 Å². The number of benzene rings is 1. The molecule has 0 atom stereocenters. The molecule has 0 aliphatic carbocycles. The Labute approximate surface area is 131 Å². The second-order valence-electron chi connectivity index (χ2n) is 4.48. The predicted octanol–water partition coefficient (Wildman–Crippen LogP) is 2.88. The van der Waals surface area contributed by atoms with Crippen LogP contribution in [0.15, 0.2) is 36.5 Å². The van der Waals surface area contributed by atoms with E-state index in [1.807, 2.05) is 0 Å². The number of pyridine rings is 1. The molecule has 118 valence electrons. The smallest absolute Gasteiger partial charge is 0.328 e. The van der Waals surface area contributed by atoms with Crippen LogP contribution in [0.4, 0.5) is 15.9 Å². The highest BCUT2D eigenvalue weighted by Gasteiger charge is 2.20. The number of anilines is 1. The van der Waals surface area contributed by atoms with Gasteiger partial charge in [-0.05, 0) is 24.6 Å². The molecule has 23 heavy (non-hydrogen) atoms. The zero-order chi connectivity index (χ0) is 16.7. The number of rotatable bonds is 7. The van der Waals surface area contributed by atoms with Crippen molar-refractivity contribution in [2.24, 2.45) is 0 Å². The number of ether oxygens (including phenoxy) is 1. The minimum Gasteiger partial charge on any atom is -0.490 e. The van der Waals surface area contributed by atoms with Gasteiger partial charge in [-0.25, -0.2) is 9.37 Å². The van der Waals surface area contributed by atoms with Gasteiger partial charge in [0.25, 0.3) is 0 Å². The Morgan fingerprint density at radius 1 is 1.39 bits per heavy atom. The molecule has 0 radical (unpaired) electrons. The summed E-state index contributed by atoms with van der Waals surface area (Å²) in [6.07, 6.45) is 1.80. The van der Waals surface area contributed by atoms with Crippen molar-refractivity contribution in [3.8, 4) is 11.8 Å². The molecule has 1 N–H and O–H groups in total. The number of nitrogens with one attached hydrogen (secondary N) is 1. The van der Waals surface area contributed by atoms with Crippen LogP contribution in [0, 0.1) is 27.3 Å². The molecule has 0 saturated heterocycles. The van der Waals surface area contributed by atoms with Gasteiger partial charge >= 0.3 is 5.69 Å². The molecule has 1 aromatic carbocycles. The van der Waals surface area contributed by atoms with E-state index in [9.17, 15) is 14.5 Å². The standard InChI is InChI=1S/C15H13FN4O3/c16-12-4-1-2-5-13(12)23-9-3-7-18-15-14(20(21)22)11(10-17)6-8-19-15/h1-2,4-6,8H,3,7,9H2,(H,18,19). The van der Waals surface area contributed by atoms with Crippen LogP contribution in [0.3, 0.4) is 0 Å². The molecule has 0 amide bonds. The highest BCUT2D eigenvalue weighted by atomic mass is 19.1. The van der Waals surface area contributed by atoms with E-state index in [-0.39, 0.29) is 29.4 Å². The predicted molar refractivity (Wildman–Crippen MR) is 80.6 cm³/mol. The van der Waals surface area contributed by atoms with Crippen LogP contribution >= 0.6 is 0 Å². The summed E-state index contributed by atoms with van der Waals surface area (Å²) in [5.74, 6) is -0.262. The van der Waals surface area contributed by atoms with Crippen molar-refractivity contribution in [3.05, 3.63) is 58.0 Å². The maximum atomic E-state index is 13.3. The van der Waals surface area contributed by atoms with Crippen molar-refractivity contribution >= 4 is 11.5 Å². The van der Waals surface area contributed by atoms with Crippen LogP contribution in [0.25, 0.3) is 0 Å². The Bertz CT molecular complexity index is 746. The number of para-hydroxylation sites is 1. The Morgan fingerprint density at radius 3 is 2.87 bits per heavy atom. The van der Waals surface area contributed by atoms with E-state index in [1.165, 1.54) is 24.4 Å². The highest BCUT2D eigenvalue weighted by Crippen LogP contribution is 2.25. The van der Waals surface area contributed by atoms with E-state index in [0.29, 0.717) is 13.0 Å². The number of hydrogen-bond acceptors (Lipinski definition) is 6.